The van der Waals surface area contributed by atoms with Crippen molar-refractivity contribution in [3.05, 3.63) is 66.0 Å². The summed E-state index contributed by atoms with van der Waals surface area (Å²) in [5, 5.41) is 1.88. The monoisotopic (exact) mass is 362 g/mol. The lowest BCUT2D eigenvalue weighted by Crippen LogP contribution is -2.37. The number of carbonyl (C=O) groups excluding carboxylic acids is 1. The summed E-state index contributed by atoms with van der Waals surface area (Å²) >= 11 is 0. The first kappa shape index (κ1) is 17.4. The molecule has 132 valence electrons. The number of hydrogen-bond donors (Lipinski definition) is 1. The highest BCUT2D eigenvalue weighted by atomic mass is 32.2. The number of hydrogen-bond acceptors (Lipinski definition) is 3. The minimum Gasteiger partial charge on any atom is -0.323 e. The fraction of sp³-hybridized carbons (Fsp3) is 0.278. The molecule has 5 nitrogen and oxygen atoms in total. The topological polar surface area (TPSA) is 66.5 Å². The number of nitrogens with one attached hydrogen (secondary N) is 1. The number of anilines is 1. The highest BCUT2D eigenvalue weighted by Gasteiger charge is 2.32. The number of sulfone groups is 1. The van der Waals surface area contributed by atoms with E-state index < -0.39 is 26.9 Å². The number of amides is 2. The molecular weight excluding hydrogens is 343 g/mol. The molecule has 1 unspecified atom stereocenters. The first-order chi connectivity index (χ1) is 12.0. The summed E-state index contributed by atoms with van der Waals surface area (Å²) in [5.41, 5.74) is 0.818. The van der Waals surface area contributed by atoms with Crippen LogP contribution in [0.4, 0.5) is 14.9 Å². The molecule has 2 amide bonds. The Balaban J connectivity index is 1.74. The quantitative estimate of drug-likeness (QED) is 0.892. The molecule has 0 radical (unpaired) electrons. The molecular formula is C18H19FN2O3S. The van der Waals surface area contributed by atoms with Gasteiger partial charge in [0.05, 0.1) is 16.7 Å². The first-order valence-electron chi connectivity index (χ1n) is 8.04. The Hall–Kier alpha value is -2.41. The minimum atomic E-state index is -3.36. The Morgan fingerprint density at radius 3 is 2.44 bits per heavy atom. The SMILES string of the molecule is O=C(Nc1ccccc1F)N1CCC(c2ccccc2)S(=O)(=O)CC1. The number of halogens is 1. The van der Waals surface area contributed by atoms with Crippen LogP contribution in [0, 0.1) is 5.82 Å². The zero-order valence-electron chi connectivity index (χ0n) is 13.6. The van der Waals surface area contributed by atoms with Crippen LogP contribution in [0.15, 0.2) is 54.6 Å². The van der Waals surface area contributed by atoms with E-state index in [2.05, 4.69) is 5.32 Å². The third-order valence-corrected chi connectivity index (χ3v) is 6.44. The predicted octanol–water partition coefficient (Wildman–Crippen LogP) is 3.22. The molecule has 0 bridgehead atoms. The minimum absolute atomic E-state index is 0.0826. The van der Waals surface area contributed by atoms with Gasteiger partial charge in [-0.3, -0.25) is 0 Å². The van der Waals surface area contributed by atoms with E-state index in [4.69, 9.17) is 0 Å². The lowest BCUT2D eigenvalue weighted by Gasteiger charge is -2.20. The average Bonchev–Trinajstić information content (AvgIpc) is 2.76. The van der Waals surface area contributed by atoms with Gasteiger partial charge in [-0.25, -0.2) is 17.6 Å². The Morgan fingerprint density at radius 2 is 1.72 bits per heavy atom. The van der Waals surface area contributed by atoms with E-state index >= 15 is 0 Å². The molecule has 2 aromatic carbocycles. The van der Waals surface area contributed by atoms with Crippen LogP contribution >= 0.6 is 0 Å². The Labute approximate surface area is 146 Å². The van der Waals surface area contributed by atoms with Crippen molar-refractivity contribution >= 4 is 21.6 Å². The van der Waals surface area contributed by atoms with Crippen molar-refractivity contribution in [1.82, 2.24) is 4.90 Å². The summed E-state index contributed by atoms with van der Waals surface area (Å²) in [6, 6.07) is 14.4. The van der Waals surface area contributed by atoms with E-state index in [1.54, 1.807) is 30.3 Å². The van der Waals surface area contributed by atoms with Crippen LogP contribution in [0.5, 0.6) is 0 Å². The standard InChI is InChI=1S/C18H19FN2O3S/c19-15-8-4-5-9-16(15)20-18(22)21-11-10-17(25(23,24)13-12-21)14-6-2-1-3-7-14/h1-9,17H,10-13H2,(H,20,22). The summed E-state index contributed by atoms with van der Waals surface area (Å²) in [5.74, 6) is -0.641. The van der Waals surface area contributed by atoms with Gasteiger partial charge >= 0.3 is 6.03 Å². The molecule has 1 aliphatic heterocycles. The summed E-state index contributed by atoms with van der Waals surface area (Å²) in [7, 11) is -3.36. The molecule has 7 heteroatoms. The molecule has 0 spiro atoms. The van der Waals surface area contributed by atoms with Gasteiger partial charge in [-0.15, -0.1) is 0 Å². The maximum absolute atomic E-state index is 13.7. The van der Waals surface area contributed by atoms with Crippen LogP contribution in [-0.2, 0) is 9.84 Å². The summed E-state index contributed by atoms with van der Waals surface area (Å²) < 4.78 is 38.8. The predicted molar refractivity (Wildman–Crippen MR) is 94.6 cm³/mol. The average molecular weight is 362 g/mol. The zero-order chi connectivity index (χ0) is 17.9. The van der Waals surface area contributed by atoms with Crippen LogP contribution in [-0.4, -0.2) is 38.2 Å². The van der Waals surface area contributed by atoms with Gasteiger partial charge in [0.15, 0.2) is 9.84 Å². The maximum atomic E-state index is 13.7. The number of carbonyl (C=O) groups is 1. The van der Waals surface area contributed by atoms with Crippen LogP contribution in [0.2, 0.25) is 0 Å². The Morgan fingerprint density at radius 1 is 1.04 bits per heavy atom. The highest BCUT2D eigenvalue weighted by molar-refractivity contribution is 7.91. The summed E-state index contributed by atoms with van der Waals surface area (Å²) in [4.78, 5) is 13.8. The van der Waals surface area contributed by atoms with E-state index in [1.165, 1.54) is 23.1 Å². The number of para-hydroxylation sites is 1. The zero-order valence-corrected chi connectivity index (χ0v) is 14.4. The molecule has 0 aromatic heterocycles. The van der Waals surface area contributed by atoms with Crippen LogP contribution in [0.25, 0.3) is 0 Å². The van der Waals surface area contributed by atoms with Gasteiger partial charge in [0, 0.05) is 13.1 Å². The molecule has 25 heavy (non-hydrogen) atoms. The van der Waals surface area contributed by atoms with Crippen molar-refractivity contribution in [3.8, 4) is 0 Å². The molecule has 0 aliphatic carbocycles. The van der Waals surface area contributed by atoms with Crippen molar-refractivity contribution in [1.29, 1.82) is 0 Å². The van der Waals surface area contributed by atoms with Crippen molar-refractivity contribution in [2.75, 3.05) is 24.2 Å². The molecule has 1 atom stereocenters. The van der Waals surface area contributed by atoms with Gasteiger partial charge in [-0.2, -0.15) is 0 Å². The van der Waals surface area contributed by atoms with Crippen LogP contribution < -0.4 is 5.32 Å². The lowest BCUT2D eigenvalue weighted by atomic mass is 10.1. The van der Waals surface area contributed by atoms with Crippen molar-refractivity contribution in [2.24, 2.45) is 0 Å². The number of nitrogens with zero attached hydrogens (tertiary/aromatic N) is 1. The molecule has 1 heterocycles. The van der Waals surface area contributed by atoms with Gasteiger partial charge in [-0.1, -0.05) is 42.5 Å². The largest absolute Gasteiger partial charge is 0.323 e. The van der Waals surface area contributed by atoms with E-state index in [1.807, 2.05) is 6.07 Å². The van der Waals surface area contributed by atoms with Crippen molar-refractivity contribution in [3.63, 3.8) is 0 Å². The van der Waals surface area contributed by atoms with Crippen LogP contribution in [0.1, 0.15) is 17.2 Å². The highest BCUT2D eigenvalue weighted by Crippen LogP contribution is 2.29. The van der Waals surface area contributed by atoms with Gasteiger partial charge in [0.2, 0.25) is 0 Å². The molecule has 0 saturated carbocycles. The fourth-order valence-electron chi connectivity index (χ4n) is 2.95. The van der Waals surface area contributed by atoms with E-state index in [0.29, 0.717) is 13.0 Å². The van der Waals surface area contributed by atoms with E-state index in [9.17, 15) is 17.6 Å². The molecule has 2 aromatic rings. The number of urea groups is 1. The van der Waals surface area contributed by atoms with Crippen molar-refractivity contribution < 1.29 is 17.6 Å². The molecule has 1 saturated heterocycles. The fourth-order valence-corrected chi connectivity index (χ4v) is 4.74. The third-order valence-electron chi connectivity index (χ3n) is 4.31. The summed E-state index contributed by atoms with van der Waals surface area (Å²) in [6.45, 7) is 0.380. The lowest BCUT2D eigenvalue weighted by molar-refractivity contribution is 0.215. The second-order valence-corrected chi connectivity index (χ2v) is 8.26. The van der Waals surface area contributed by atoms with Crippen molar-refractivity contribution in [2.45, 2.75) is 11.7 Å². The molecule has 1 N–H and O–H groups in total. The number of rotatable bonds is 2. The second kappa shape index (κ2) is 7.23. The smallest absolute Gasteiger partial charge is 0.321 e. The molecule has 3 rings (SSSR count). The number of benzene rings is 2. The second-order valence-electron chi connectivity index (χ2n) is 5.95. The molecule has 1 aliphatic rings. The van der Waals surface area contributed by atoms with Gasteiger partial charge < -0.3 is 10.2 Å². The van der Waals surface area contributed by atoms with Gasteiger partial charge in [0.1, 0.15) is 5.82 Å². The summed E-state index contributed by atoms with van der Waals surface area (Å²) in [6.07, 6.45) is 0.317. The Kier molecular flexibility index (Phi) is 5.03. The van der Waals surface area contributed by atoms with E-state index in [0.717, 1.165) is 5.56 Å². The normalized spacial score (nSPS) is 19.9. The maximum Gasteiger partial charge on any atom is 0.321 e. The first-order valence-corrected chi connectivity index (χ1v) is 9.76. The Bertz CT molecular complexity index is 856. The van der Waals surface area contributed by atoms with Gasteiger partial charge in [-0.05, 0) is 24.1 Å². The third kappa shape index (κ3) is 3.99. The van der Waals surface area contributed by atoms with Gasteiger partial charge in [0.25, 0.3) is 0 Å². The van der Waals surface area contributed by atoms with E-state index in [-0.39, 0.29) is 18.0 Å². The molecule has 1 fully saturated rings. The van der Waals surface area contributed by atoms with Crippen LogP contribution in [0.3, 0.4) is 0 Å².